The molecule has 9 heteroatoms. The van der Waals surface area contributed by atoms with Crippen LogP contribution in [0.2, 0.25) is 0 Å². The van der Waals surface area contributed by atoms with Gasteiger partial charge in [0, 0.05) is 18.3 Å². The van der Waals surface area contributed by atoms with E-state index in [1.165, 1.54) is 0 Å². The molecule has 138 valence electrons. The molecule has 5 rings (SSSR count). The Balaban J connectivity index is 1.75. The van der Waals surface area contributed by atoms with E-state index < -0.39 is 34.1 Å². The van der Waals surface area contributed by atoms with E-state index in [1.807, 2.05) is 13.8 Å². The van der Waals surface area contributed by atoms with Crippen LogP contribution >= 0.6 is 0 Å². The van der Waals surface area contributed by atoms with Crippen LogP contribution in [-0.4, -0.2) is 32.3 Å². The molecule has 4 heterocycles. The Kier molecular flexibility index (Phi) is 3.82. The highest BCUT2D eigenvalue weighted by Crippen LogP contribution is 2.60. The number of hydrogen-bond acceptors (Lipinski definition) is 6. The summed E-state index contributed by atoms with van der Waals surface area (Å²) < 4.78 is 37.6. The first-order valence-corrected chi connectivity index (χ1v) is 10.2. The van der Waals surface area contributed by atoms with Gasteiger partial charge >= 0.3 is 0 Å². The van der Waals surface area contributed by atoms with Gasteiger partial charge in [-0.2, -0.15) is 13.1 Å². The second kappa shape index (κ2) is 5.35. The molecule has 0 amide bonds. The fraction of sp³-hybridized carbons (Fsp3) is 1.00. The van der Waals surface area contributed by atoms with Gasteiger partial charge in [0.05, 0.1) is 0 Å². The maximum atomic E-state index is 11.5. The predicted molar refractivity (Wildman–Crippen MR) is 83.1 cm³/mol. The van der Waals surface area contributed by atoms with Gasteiger partial charge in [-0.25, -0.2) is 14.9 Å². The van der Waals surface area contributed by atoms with Gasteiger partial charge in [0.25, 0.3) is 10.2 Å². The van der Waals surface area contributed by atoms with Crippen LogP contribution in [0.25, 0.3) is 0 Å². The molecule has 8 nitrogen and oxygen atoms in total. The van der Waals surface area contributed by atoms with Crippen LogP contribution in [0.1, 0.15) is 46.5 Å². The van der Waals surface area contributed by atoms with Crippen molar-refractivity contribution in [3.63, 3.8) is 0 Å². The molecule has 3 N–H and O–H groups in total. The van der Waals surface area contributed by atoms with Crippen LogP contribution in [0.5, 0.6) is 0 Å². The van der Waals surface area contributed by atoms with E-state index in [1.54, 1.807) is 0 Å². The summed E-state index contributed by atoms with van der Waals surface area (Å²) in [6.07, 6.45) is 2.22. The van der Waals surface area contributed by atoms with Gasteiger partial charge in [-0.1, -0.05) is 13.8 Å². The zero-order valence-electron chi connectivity index (χ0n) is 14.2. The summed E-state index contributed by atoms with van der Waals surface area (Å²) in [7, 11) is -3.87. The molecule has 4 saturated heterocycles. The molecular formula is C15H26N2O6S. The highest BCUT2D eigenvalue weighted by atomic mass is 32.2. The molecule has 0 aromatic heterocycles. The Labute approximate surface area is 142 Å². The normalized spacial score (nSPS) is 54.2. The second-order valence-electron chi connectivity index (χ2n) is 7.99. The van der Waals surface area contributed by atoms with Crippen molar-refractivity contribution < 1.29 is 27.7 Å². The minimum Gasteiger partial charge on any atom is -0.330 e. The number of nitrogens with two attached hydrogens (primary N) is 1. The lowest BCUT2D eigenvalue weighted by Gasteiger charge is -2.60. The lowest BCUT2D eigenvalue weighted by atomic mass is 9.58. The van der Waals surface area contributed by atoms with Crippen LogP contribution in [0.15, 0.2) is 0 Å². The van der Waals surface area contributed by atoms with Crippen LogP contribution < -0.4 is 9.86 Å². The number of ether oxygens (including phenoxy) is 2. The predicted octanol–water partition coefficient (Wildman–Crippen LogP) is 0.988. The SMILES string of the molecule is CC1CCC2[C@@H](C)[C@H](NS(N)(=O)=O)OC3OC4(C)CCC1[C@]32OO4. The van der Waals surface area contributed by atoms with Crippen molar-refractivity contribution in [2.24, 2.45) is 28.8 Å². The monoisotopic (exact) mass is 362 g/mol. The van der Waals surface area contributed by atoms with Gasteiger partial charge in [0.15, 0.2) is 11.9 Å². The summed E-state index contributed by atoms with van der Waals surface area (Å²) in [5.74, 6) is -0.188. The molecule has 0 aromatic rings. The Morgan fingerprint density at radius 1 is 1.12 bits per heavy atom. The lowest BCUT2D eigenvalue weighted by molar-refractivity contribution is -0.571. The van der Waals surface area contributed by atoms with E-state index in [-0.39, 0.29) is 17.8 Å². The first-order chi connectivity index (χ1) is 11.1. The molecule has 4 aliphatic heterocycles. The van der Waals surface area contributed by atoms with Crippen LogP contribution in [0.3, 0.4) is 0 Å². The maximum absolute atomic E-state index is 11.5. The molecule has 1 saturated carbocycles. The highest BCUT2D eigenvalue weighted by Gasteiger charge is 2.69. The largest absolute Gasteiger partial charge is 0.330 e. The van der Waals surface area contributed by atoms with Gasteiger partial charge < -0.3 is 9.47 Å². The van der Waals surface area contributed by atoms with E-state index in [0.29, 0.717) is 5.92 Å². The third kappa shape index (κ3) is 2.45. The third-order valence-corrected chi connectivity index (χ3v) is 7.00. The topological polar surface area (TPSA) is 109 Å². The second-order valence-corrected chi connectivity index (χ2v) is 9.31. The van der Waals surface area contributed by atoms with Crippen LogP contribution in [-0.2, 0) is 29.5 Å². The zero-order valence-corrected chi connectivity index (χ0v) is 15.0. The first kappa shape index (κ1) is 17.1. The van der Waals surface area contributed by atoms with Crippen molar-refractivity contribution in [1.29, 1.82) is 0 Å². The van der Waals surface area contributed by atoms with Gasteiger partial charge in [0.2, 0.25) is 5.79 Å². The molecular weight excluding hydrogens is 336 g/mol. The standard InChI is InChI=1S/C15H26N2O6S/c1-8-4-5-11-9(2)12(17-24(16,18)19)20-13-15(11)10(8)6-7-14(3,21-13)22-23-15/h8-13,17H,4-7H2,1-3H3,(H2,16,18,19)/t8?,9-,10?,11?,12-,13?,14?,15-/m1/s1. The number of hydrogen-bond donors (Lipinski definition) is 2. The average molecular weight is 362 g/mol. The summed E-state index contributed by atoms with van der Waals surface area (Å²) in [6, 6.07) is 0. The Bertz CT molecular complexity index is 629. The summed E-state index contributed by atoms with van der Waals surface area (Å²) in [5, 5.41) is 5.16. The molecule has 5 unspecified atom stereocenters. The fourth-order valence-corrected chi connectivity index (χ4v) is 5.80. The van der Waals surface area contributed by atoms with E-state index in [4.69, 9.17) is 24.4 Å². The summed E-state index contributed by atoms with van der Waals surface area (Å²) >= 11 is 0. The lowest BCUT2D eigenvalue weighted by Crippen LogP contribution is -2.72. The molecule has 0 radical (unpaired) electrons. The van der Waals surface area contributed by atoms with E-state index in [0.717, 1.165) is 25.7 Å². The Morgan fingerprint density at radius 2 is 1.88 bits per heavy atom. The molecule has 2 bridgehead atoms. The quantitative estimate of drug-likeness (QED) is 0.709. The van der Waals surface area contributed by atoms with Crippen molar-refractivity contribution in [2.75, 3.05) is 0 Å². The summed E-state index contributed by atoms with van der Waals surface area (Å²) in [5.41, 5.74) is -0.691. The smallest absolute Gasteiger partial charge is 0.276 e. The van der Waals surface area contributed by atoms with Gasteiger partial charge in [-0.05, 0) is 38.0 Å². The average Bonchev–Trinajstić information content (AvgIpc) is 2.69. The minimum atomic E-state index is -3.87. The number of fused-ring (bicyclic) bond motifs is 2. The first-order valence-electron chi connectivity index (χ1n) is 8.65. The molecule has 1 aliphatic carbocycles. The van der Waals surface area contributed by atoms with Crippen LogP contribution in [0.4, 0.5) is 0 Å². The summed E-state index contributed by atoms with van der Waals surface area (Å²) in [4.78, 5) is 11.7. The van der Waals surface area contributed by atoms with Crippen molar-refractivity contribution in [2.45, 2.75) is 70.4 Å². The summed E-state index contributed by atoms with van der Waals surface area (Å²) in [6.45, 7) is 6.03. The van der Waals surface area contributed by atoms with Crippen molar-refractivity contribution in [3.8, 4) is 0 Å². The number of rotatable bonds is 2. The van der Waals surface area contributed by atoms with Crippen LogP contribution in [0, 0.1) is 23.7 Å². The van der Waals surface area contributed by atoms with Crippen molar-refractivity contribution in [1.82, 2.24) is 4.72 Å². The minimum absolute atomic E-state index is 0.0688. The molecule has 8 atom stereocenters. The molecule has 5 aliphatic rings. The fourth-order valence-electron chi connectivity index (χ4n) is 5.20. The number of nitrogens with one attached hydrogen (secondary N) is 1. The van der Waals surface area contributed by atoms with Crippen molar-refractivity contribution in [3.05, 3.63) is 0 Å². The highest BCUT2D eigenvalue weighted by molar-refractivity contribution is 7.87. The van der Waals surface area contributed by atoms with Crippen molar-refractivity contribution >= 4 is 10.2 Å². The van der Waals surface area contributed by atoms with Gasteiger partial charge in [0.1, 0.15) is 6.23 Å². The third-order valence-electron chi connectivity index (χ3n) is 6.44. The molecule has 1 spiro atoms. The molecule has 0 aromatic carbocycles. The molecule has 24 heavy (non-hydrogen) atoms. The molecule has 5 fully saturated rings. The maximum Gasteiger partial charge on any atom is 0.276 e. The Hall–Kier alpha value is -0.290. The zero-order chi connectivity index (χ0) is 17.3. The van der Waals surface area contributed by atoms with E-state index in [2.05, 4.69) is 11.6 Å². The van der Waals surface area contributed by atoms with E-state index >= 15 is 0 Å². The van der Waals surface area contributed by atoms with Gasteiger partial charge in [-0.15, -0.1) is 0 Å². The van der Waals surface area contributed by atoms with Gasteiger partial charge in [-0.3, -0.25) is 0 Å². The Morgan fingerprint density at radius 3 is 2.58 bits per heavy atom. The van der Waals surface area contributed by atoms with E-state index in [9.17, 15) is 8.42 Å².